The molecule has 0 aromatic heterocycles. The third kappa shape index (κ3) is 1.60. The van der Waals surface area contributed by atoms with Crippen molar-refractivity contribution in [3.05, 3.63) is 0 Å². The van der Waals surface area contributed by atoms with Gasteiger partial charge in [0.05, 0.1) is 5.92 Å². The molecule has 0 radical (unpaired) electrons. The third-order valence-corrected chi connectivity index (χ3v) is 1.87. The molecule has 1 nitrogen and oxygen atoms in total. The van der Waals surface area contributed by atoms with Crippen LogP contribution < -0.4 is 0 Å². The van der Waals surface area contributed by atoms with Crippen molar-refractivity contribution in [1.29, 1.82) is 0 Å². The molecule has 1 aliphatic rings. The molecule has 10 heavy (non-hydrogen) atoms. The second-order valence-corrected chi connectivity index (χ2v) is 2.66. The van der Waals surface area contributed by atoms with Crippen molar-refractivity contribution < 1.29 is 4.79 Å². The van der Waals surface area contributed by atoms with Gasteiger partial charge in [-0.1, -0.05) is 12.3 Å². The summed E-state index contributed by atoms with van der Waals surface area (Å²) in [5, 5.41) is 0. The zero-order valence-corrected chi connectivity index (χ0v) is 6.31. The Hall–Kier alpha value is -0.770. The molecule has 0 amide bonds. The third-order valence-electron chi connectivity index (χ3n) is 1.87. The van der Waals surface area contributed by atoms with Crippen LogP contribution in [-0.4, -0.2) is 5.78 Å². The van der Waals surface area contributed by atoms with Crippen LogP contribution in [-0.2, 0) is 4.79 Å². The van der Waals surface area contributed by atoms with E-state index in [0.717, 1.165) is 19.3 Å². The molecule has 0 bridgehead atoms. The highest BCUT2D eigenvalue weighted by Crippen LogP contribution is 2.19. The van der Waals surface area contributed by atoms with Crippen LogP contribution in [0.25, 0.3) is 0 Å². The average Bonchev–Trinajstić information content (AvgIpc) is 1.94. The largest absolute Gasteiger partial charge is 0.298 e. The van der Waals surface area contributed by atoms with E-state index >= 15 is 0 Å². The Morgan fingerprint density at radius 2 is 2.30 bits per heavy atom. The summed E-state index contributed by atoms with van der Waals surface area (Å²) >= 11 is 0. The van der Waals surface area contributed by atoms with E-state index in [0.29, 0.717) is 5.78 Å². The van der Waals surface area contributed by atoms with Crippen molar-refractivity contribution in [1.82, 2.24) is 0 Å². The van der Waals surface area contributed by atoms with Crippen LogP contribution in [0.2, 0.25) is 0 Å². The van der Waals surface area contributed by atoms with Crippen molar-refractivity contribution in [3.8, 4) is 11.8 Å². The highest BCUT2D eigenvalue weighted by Gasteiger charge is 2.19. The molecule has 1 rings (SSSR count). The lowest BCUT2D eigenvalue weighted by atomic mass is 9.88. The highest BCUT2D eigenvalue weighted by molar-refractivity contribution is 5.84. The monoisotopic (exact) mass is 136 g/mol. The first-order valence-electron chi connectivity index (χ1n) is 3.79. The van der Waals surface area contributed by atoms with Gasteiger partial charge in [0.1, 0.15) is 5.78 Å². The maximum absolute atomic E-state index is 11.1. The van der Waals surface area contributed by atoms with Crippen LogP contribution in [0.4, 0.5) is 0 Å². The average molecular weight is 136 g/mol. The standard InChI is InChI=1S/C9H12O/c1-2-5-8-6-3-4-7-9(8)10/h8H,3-4,6-7H2,1H3. The number of ketones is 1. The first kappa shape index (κ1) is 7.34. The molecule has 0 aliphatic heterocycles. The molecule has 1 fully saturated rings. The van der Waals surface area contributed by atoms with E-state index in [1.165, 1.54) is 6.42 Å². The molecule has 0 spiro atoms. The predicted octanol–water partition coefficient (Wildman–Crippen LogP) is 1.77. The van der Waals surface area contributed by atoms with Gasteiger partial charge < -0.3 is 0 Å². The van der Waals surface area contributed by atoms with Gasteiger partial charge in [-0.05, 0) is 19.8 Å². The van der Waals surface area contributed by atoms with Gasteiger partial charge in [0.25, 0.3) is 0 Å². The van der Waals surface area contributed by atoms with Crippen molar-refractivity contribution in [3.63, 3.8) is 0 Å². The van der Waals surface area contributed by atoms with Crippen molar-refractivity contribution in [2.45, 2.75) is 32.6 Å². The maximum Gasteiger partial charge on any atom is 0.147 e. The summed E-state index contributed by atoms with van der Waals surface area (Å²) in [5.74, 6) is 6.15. The summed E-state index contributed by atoms with van der Waals surface area (Å²) in [6, 6.07) is 0. The fourth-order valence-electron chi connectivity index (χ4n) is 1.31. The van der Waals surface area contributed by atoms with Gasteiger partial charge in [0.2, 0.25) is 0 Å². The van der Waals surface area contributed by atoms with Crippen molar-refractivity contribution in [2.24, 2.45) is 5.92 Å². The lowest BCUT2D eigenvalue weighted by Crippen LogP contribution is -2.16. The van der Waals surface area contributed by atoms with E-state index in [-0.39, 0.29) is 5.92 Å². The van der Waals surface area contributed by atoms with E-state index in [4.69, 9.17) is 0 Å². The zero-order chi connectivity index (χ0) is 7.40. The normalized spacial score (nSPS) is 25.3. The second-order valence-electron chi connectivity index (χ2n) is 2.66. The summed E-state index contributed by atoms with van der Waals surface area (Å²) in [6.45, 7) is 1.79. The Balaban J connectivity index is 2.53. The van der Waals surface area contributed by atoms with Gasteiger partial charge >= 0.3 is 0 Å². The Bertz CT molecular complexity index is 183. The molecule has 54 valence electrons. The molecule has 0 heterocycles. The van der Waals surface area contributed by atoms with Crippen LogP contribution in [0.1, 0.15) is 32.6 Å². The van der Waals surface area contributed by atoms with Crippen molar-refractivity contribution in [2.75, 3.05) is 0 Å². The molecule has 1 atom stereocenters. The summed E-state index contributed by atoms with van der Waals surface area (Å²) in [6.07, 6.45) is 3.98. The molecule has 0 aromatic carbocycles. The number of hydrogen-bond donors (Lipinski definition) is 0. The summed E-state index contributed by atoms with van der Waals surface area (Å²) < 4.78 is 0. The minimum Gasteiger partial charge on any atom is -0.298 e. The van der Waals surface area contributed by atoms with E-state index in [9.17, 15) is 4.79 Å². The van der Waals surface area contributed by atoms with E-state index in [1.54, 1.807) is 6.92 Å². The summed E-state index contributed by atoms with van der Waals surface area (Å²) in [4.78, 5) is 11.1. The minimum absolute atomic E-state index is 0.0683. The minimum atomic E-state index is 0.0683. The van der Waals surface area contributed by atoms with E-state index < -0.39 is 0 Å². The Kier molecular flexibility index (Phi) is 2.50. The van der Waals surface area contributed by atoms with Gasteiger partial charge in [-0.25, -0.2) is 0 Å². The number of Topliss-reactive ketones (excluding diaryl/α,β-unsaturated/α-hetero) is 1. The van der Waals surface area contributed by atoms with Crippen molar-refractivity contribution >= 4 is 5.78 Å². The first-order chi connectivity index (χ1) is 4.84. The Labute approximate surface area is 61.8 Å². The van der Waals surface area contributed by atoms with Gasteiger partial charge in [0.15, 0.2) is 0 Å². The first-order valence-corrected chi connectivity index (χ1v) is 3.79. The SMILES string of the molecule is CC#CC1CCCCC1=O. The van der Waals surface area contributed by atoms with Crippen LogP contribution in [0, 0.1) is 17.8 Å². The van der Waals surface area contributed by atoms with Gasteiger partial charge in [-0.3, -0.25) is 4.79 Å². The number of carbonyl (C=O) groups excluding carboxylic acids is 1. The van der Waals surface area contributed by atoms with Gasteiger partial charge in [-0.15, -0.1) is 5.92 Å². The molecule has 0 aromatic rings. The molecule has 1 saturated carbocycles. The lowest BCUT2D eigenvalue weighted by molar-refractivity contribution is -0.122. The molecule has 0 N–H and O–H groups in total. The van der Waals surface area contributed by atoms with Crippen LogP contribution in [0.3, 0.4) is 0 Å². The molecule has 1 unspecified atom stereocenters. The summed E-state index contributed by atoms with van der Waals surface area (Å²) in [7, 11) is 0. The molecular formula is C9H12O. The van der Waals surface area contributed by atoms with Crippen LogP contribution in [0.15, 0.2) is 0 Å². The quantitative estimate of drug-likeness (QED) is 0.464. The van der Waals surface area contributed by atoms with Gasteiger partial charge in [-0.2, -0.15) is 0 Å². The Morgan fingerprint density at radius 1 is 1.50 bits per heavy atom. The lowest BCUT2D eigenvalue weighted by Gasteiger charge is -2.14. The van der Waals surface area contributed by atoms with Crippen LogP contribution >= 0.6 is 0 Å². The molecule has 1 heteroatoms. The zero-order valence-electron chi connectivity index (χ0n) is 6.31. The molecule has 1 aliphatic carbocycles. The molecular weight excluding hydrogens is 124 g/mol. The second kappa shape index (κ2) is 3.41. The number of hydrogen-bond acceptors (Lipinski definition) is 1. The van der Waals surface area contributed by atoms with Crippen LogP contribution in [0.5, 0.6) is 0 Å². The fourth-order valence-corrected chi connectivity index (χ4v) is 1.31. The summed E-state index contributed by atoms with van der Waals surface area (Å²) in [5.41, 5.74) is 0. The highest BCUT2D eigenvalue weighted by atomic mass is 16.1. The number of carbonyl (C=O) groups is 1. The molecule has 0 saturated heterocycles. The van der Waals surface area contributed by atoms with E-state index in [1.807, 2.05) is 0 Å². The maximum atomic E-state index is 11.1. The van der Waals surface area contributed by atoms with Gasteiger partial charge in [0, 0.05) is 6.42 Å². The topological polar surface area (TPSA) is 17.1 Å². The smallest absolute Gasteiger partial charge is 0.147 e. The Morgan fingerprint density at radius 3 is 2.90 bits per heavy atom. The fraction of sp³-hybridized carbons (Fsp3) is 0.667. The number of rotatable bonds is 0. The predicted molar refractivity (Wildman–Crippen MR) is 40.4 cm³/mol. The van der Waals surface area contributed by atoms with E-state index in [2.05, 4.69) is 11.8 Å².